The SMILES string of the molecule is CCc1ccccc1.Cc1cc(C)c(C(=O)P(=O)(c2ccccc2)c2ccccc2)c(C)c1.Cc1cc(C)c(C(=O)[P+](=O)C(=O)c2c(C)cc(C)cc2C)c(C)c1. The summed E-state index contributed by atoms with van der Waals surface area (Å²) in [6.07, 6.45) is 1.14. The lowest BCUT2D eigenvalue weighted by Gasteiger charge is -2.20. The number of benzene rings is 6. The Bertz CT molecular complexity index is 2280. The quantitative estimate of drug-likeness (QED) is 0.136. The zero-order valence-corrected chi connectivity index (χ0v) is 36.6. The van der Waals surface area contributed by atoms with Gasteiger partial charge in [0, 0.05) is 16.2 Å². The van der Waals surface area contributed by atoms with Crippen LogP contribution in [0.5, 0.6) is 0 Å². The fourth-order valence-electron chi connectivity index (χ4n) is 7.38. The summed E-state index contributed by atoms with van der Waals surface area (Å²) in [4.78, 5) is 39.0. The smallest absolute Gasteiger partial charge is 0.305 e. The largest absolute Gasteiger partial charge is 0.501 e. The molecule has 0 amide bonds. The molecule has 0 saturated heterocycles. The fraction of sp³-hybridized carbons (Fsp3) is 0.220. The first kappa shape index (κ1) is 44.4. The summed E-state index contributed by atoms with van der Waals surface area (Å²) >= 11 is 0. The van der Waals surface area contributed by atoms with E-state index < -0.39 is 26.0 Å². The third-order valence-corrected chi connectivity index (χ3v) is 13.8. The number of hydrogen-bond donors (Lipinski definition) is 0. The third-order valence-electron chi connectivity index (χ3n) is 9.82. The molecule has 57 heavy (non-hydrogen) atoms. The fourth-order valence-corrected chi connectivity index (χ4v) is 11.3. The highest BCUT2D eigenvalue weighted by Crippen LogP contribution is 2.48. The molecule has 0 unspecified atom stereocenters. The van der Waals surface area contributed by atoms with E-state index in [-0.39, 0.29) is 5.52 Å². The summed E-state index contributed by atoms with van der Waals surface area (Å²) in [5, 5.41) is 1.15. The van der Waals surface area contributed by atoms with Gasteiger partial charge in [-0.15, -0.1) is 0 Å². The Morgan fingerprint density at radius 2 is 0.737 bits per heavy atom. The molecule has 6 aromatic rings. The Hall–Kier alpha value is -5.34. The summed E-state index contributed by atoms with van der Waals surface area (Å²) in [5.41, 5.74) is 9.26. The van der Waals surface area contributed by atoms with Crippen LogP contribution < -0.4 is 10.6 Å². The Kier molecular flexibility index (Phi) is 15.3. The second kappa shape index (κ2) is 19.7. The molecule has 7 heteroatoms. The summed E-state index contributed by atoms with van der Waals surface area (Å²) in [6.45, 7) is 19.1. The molecule has 0 aliphatic rings. The van der Waals surface area contributed by atoms with Crippen LogP contribution in [0, 0.1) is 62.3 Å². The van der Waals surface area contributed by atoms with Crippen LogP contribution in [0.15, 0.2) is 127 Å². The Morgan fingerprint density at radius 3 is 1.02 bits per heavy atom. The second-order valence-corrected chi connectivity index (χ2v) is 18.7. The molecule has 0 radical (unpaired) electrons. The average molecular weight is 796 g/mol. The second-order valence-electron chi connectivity index (χ2n) is 14.7. The van der Waals surface area contributed by atoms with Crippen molar-refractivity contribution in [3.05, 3.63) is 200 Å². The van der Waals surface area contributed by atoms with E-state index >= 15 is 0 Å². The highest BCUT2D eigenvalue weighted by atomic mass is 31.2. The topological polar surface area (TPSA) is 85.3 Å². The van der Waals surface area contributed by atoms with Crippen LogP contribution in [0.25, 0.3) is 0 Å². The first-order valence-corrected chi connectivity index (χ1v) is 22.1. The van der Waals surface area contributed by atoms with Gasteiger partial charge in [0.25, 0.3) is 0 Å². The average Bonchev–Trinajstić information content (AvgIpc) is 3.17. The van der Waals surface area contributed by atoms with Gasteiger partial charge in [-0.25, -0.2) is 9.59 Å². The predicted molar refractivity (Wildman–Crippen MR) is 238 cm³/mol. The van der Waals surface area contributed by atoms with E-state index in [1.807, 2.05) is 141 Å². The first-order valence-electron chi connectivity index (χ1n) is 19.1. The van der Waals surface area contributed by atoms with Crippen molar-refractivity contribution < 1.29 is 23.5 Å². The van der Waals surface area contributed by atoms with Crippen molar-refractivity contribution in [2.24, 2.45) is 0 Å². The van der Waals surface area contributed by atoms with Crippen LogP contribution in [0.4, 0.5) is 0 Å². The van der Waals surface area contributed by atoms with E-state index in [0.717, 1.165) is 56.5 Å². The molecule has 6 rings (SSSR count). The van der Waals surface area contributed by atoms with Gasteiger partial charge in [-0.2, -0.15) is 0 Å². The molecular formula is C50H53O5P2+. The molecule has 5 nitrogen and oxygen atoms in total. The Balaban J connectivity index is 0.000000212. The van der Waals surface area contributed by atoms with Gasteiger partial charge in [0.15, 0.2) is 0 Å². The van der Waals surface area contributed by atoms with Crippen LogP contribution in [0.1, 0.15) is 93.6 Å². The van der Waals surface area contributed by atoms with Crippen molar-refractivity contribution in [1.82, 2.24) is 0 Å². The standard InChI is InChI=1S/C22H21O2P.C20H22O3P.C8H10/c1-16-14-17(2)21(18(3)15-16)22(23)25(24,19-10-6-4-7-11-19)20-12-8-5-9-13-20;1-11-7-13(3)17(14(4)8-11)19(21)24(23)20(22)18-15(5)9-12(2)10-16(18)6;1-2-8-6-4-3-5-7-8/h4-15H,1-3H3;7-10H,1-6H3;3-7H,2H2,1H3/q;+1;. The lowest BCUT2D eigenvalue weighted by molar-refractivity contribution is 0.104. The van der Waals surface area contributed by atoms with Crippen molar-refractivity contribution in [1.29, 1.82) is 0 Å². The van der Waals surface area contributed by atoms with Gasteiger partial charge in [0.2, 0.25) is 12.7 Å². The molecule has 0 N–H and O–H groups in total. The first-order chi connectivity index (χ1) is 27.0. The summed E-state index contributed by atoms with van der Waals surface area (Å²) in [7, 11) is -6.11. The van der Waals surface area contributed by atoms with E-state index in [4.69, 9.17) is 0 Å². The minimum Gasteiger partial charge on any atom is -0.305 e. The minimum atomic E-state index is -3.44. The molecule has 0 fully saturated rings. The maximum absolute atomic E-state index is 14.2. The minimum absolute atomic E-state index is 0.292. The molecule has 0 atom stereocenters. The number of aryl methyl sites for hydroxylation is 10. The Morgan fingerprint density at radius 1 is 0.456 bits per heavy atom. The van der Waals surface area contributed by atoms with Gasteiger partial charge in [-0.1, -0.05) is 156 Å². The zero-order valence-electron chi connectivity index (χ0n) is 34.8. The molecule has 0 aliphatic heterocycles. The van der Waals surface area contributed by atoms with Crippen LogP contribution in [-0.2, 0) is 15.6 Å². The molecule has 0 saturated carbocycles. The van der Waals surface area contributed by atoms with E-state index in [1.54, 1.807) is 24.3 Å². The van der Waals surface area contributed by atoms with Crippen molar-refractivity contribution in [3.8, 4) is 0 Å². The highest BCUT2D eigenvalue weighted by Gasteiger charge is 2.43. The van der Waals surface area contributed by atoms with Gasteiger partial charge >= 0.3 is 18.8 Å². The number of rotatable bonds is 9. The summed E-state index contributed by atoms with van der Waals surface area (Å²) < 4.78 is 26.8. The molecule has 292 valence electrons. The monoisotopic (exact) mass is 795 g/mol. The van der Waals surface area contributed by atoms with Crippen molar-refractivity contribution in [2.75, 3.05) is 0 Å². The molecule has 0 heterocycles. The van der Waals surface area contributed by atoms with E-state index in [2.05, 4.69) is 31.2 Å². The number of carbonyl (C=O) groups excluding carboxylic acids is 3. The maximum Gasteiger partial charge on any atom is 0.501 e. The molecule has 0 aliphatic carbocycles. The zero-order chi connectivity index (χ0) is 42.0. The molecule has 0 aromatic heterocycles. The normalized spacial score (nSPS) is 10.7. The van der Waals surface area contributed by atoms with Gasteiger partial charge in [-0.05, 0) is 108 Å². The lowest BCUT2D eigenvalue weighted by atomic mass is 10.0. The summed E-state index contributed by atoms with van der Waals surface area (Å²) in [5.74, 6) is 0. The van der Waals surface area contributed by atoms with Crippen LogP contribution in [-0.4, -0.2) is 16.6 Å². The highest BCUT2D eigenvalue weighted by molar-refractivity contribution is 7.93. The van der Waals surface area contributed by atoms with Crippen molar-refractivity contribution >= 4 is 42.1 Å². The Labute approximate surface area is 339 Å². The summed E-state index contributed by atoms with van der Waals surface area (Å²) in [6, 6.07) is 40.1. The maximum atomic E-state index is 14.2. The van der Waals surface area contributed by atoms with E-state index in [1.165, 1.54) is 5.56 Å². The van der Waals surface area contributed by atoms with Crippen LogP contribution in [0.2, 0.25) is 0 Å². The molecule has 0 spiro atoms. The lowest BCUT2D eigenvalue weighted by Crippen LogP contribution is -2.23. The number of carbonyl (C=O) groups is 3. The molecular weight excluding hydrogens is 742 g/mol. The van der Waals surface area contributed by atoms with Crippen LogP contribution in [0.3, 0.4) is 0 Å². The van der Waals surface area contributed by atoms with Gasteiger partial charge in [-0.3, -0.25) is 4.79 Å². The van der Waals surface area contributed by atoms with E-state index in [9.17, 15) is 23.5 Å². The van der Waals surface area contributed by atoms with E-state index in [0.29, 0.717) is 27.3 Å². The van der Waals surface area contributed by atoms with Crippen LogP contribution >= 0.6 is 14.9 Å². The number of hydrogen-bond acceptors (Lipinski definition) is 5. The van der Waals surface area contributed by atoms with Gasteiger partial charge < -0.3 is 4.57 Å². The van der Waals surface area contributed by atoms with Crippen molar-refractivity contribution in [3.63, 3.8) is 0 Å². The van der Waals surface area contributed by atoms with Gasteiger partial charge in [0.05, 0.1) is 11.1 Å². The van der Waals surface area contributed by atoms with Gasteiger partial charge in [0.1, 0.15) is 0 Å². The third kappa shape index (κ3) is 10.5. The predicted octanol–water partition coefficient (Wildman–Crippen LogP) is 12.4. The van der Waals surface area contributed by atoms with Crippen molar-refractivity contribution in [2.45, 2.75) is 75.7 Å². The molecule has 0 bridgehead atoms. The molecule has 6 aromatic carbocycles.